The normalized spacial score (nSPS) is 19.7. The molecule has 4 heteroatoms. The van der Waals surface area contributed by atoms with Gasteiger partial charge in [0, 0.05) is 17.8 Å². The molecule has 0 aromatic carbocycles. The molecule has 2 heterocycles. The van der Waals surface area contributed by atoms with Crippen molar-refractivity contribution in [2.24, 2.45) is 5.92 Å². The molecule has 0 radical (unpaired) electrons. The van der Waals surface area contributed by atoms with Crippen molar-refractivity contribution in [2.75, 3.05) is 19.6 Å². The molecule has 1 saturated heterocycles. The van der Waals surface area contributed by atoms with Gasteiger partial charge >= 0.3 is 0 Å². The summed E-state index contributed by atoms with van der Waals surface area (Å²) in [4.78, 5) is 13.2. The van der Waals surface area contributed by atoms with Crippen LogP contribution in [0.4, 0.5) is 0 Å². The van der Waals surface area contributed by atoms with Gasteiger partial charge in [0.1, 0.15) is 0 Å². The molecule has 3 nitrogen and oxygen atoms in total. The van der Waals surface area contributed by atoms with Crippen molar-refractivity contribution >= 4 is 17.2 Å². The lowest BCUT2D eigenvalue weighted by Crippen LogP contribution is -2.34. The molecule has 1 aliphatic rings. The molecule has 0 aliphatic carbocycles. The second kappa shape index (κ2) is 6.90. The summed E-state index contributed by atoms with van der Waals surface area (Å²) in [6.45, 7) is 4.99. The van der Waals surface area contributed by atoms with Crippen molar-refractivity contribution in [3.8, 4) is 0 Å². The van der Waals surface area contributed by atoms with Crippen LogP contribution in [0.25, 0.3) is 0 Å². The minimum atomic E-state index is 0.206. The van der Waals surface area contributed by atoms with Crippen LogP contribution in [-0.2, 0) is 11.2 Å². The number of hydrogen-bond donors (Lipinski definition) is 2. The van der Waals surface area contributed by atoms with E-state index in [4.69, 9.17) is 0 Å². The highest BCUT2D eigenvalue weighted by Crippen LogP contribution is 2.16. The summed E-state index contributed by atoms with van der Waals surface area (Å²) in [7, 11) is 0. The molecule has 1 aromatic heterocycles. The second-order valence-electron chi connectivity index (χ2n) is 5.04. The summed E-state index contributed by atoms with van der Waals surface area (Å²) in [6.07, 6.45) is 4.02. The minimum absolute atomic E-state index is 0.206. The SMILES string of the molecule is Cc1ccsc1CCNC(=O)CC1CCCNC1. The Bertz CT molecular complexity index is 383. The Hall–Kier alpha value is -0.870. The first kappa shape index (κ1) is 13.6. The summed E-state index contributed by atoms with van der Waals surface area (Å²) in [5, 5.41) is 8.49. The van der Waals surface area contributed by atoms with Gasteiger partial charge in [-0.3, -0.25) is 4.79 Å². The van der Waals surface area contributed by atoms with Gasteiger partial charge in [-0.2, -0.15) is 0 Å². The third-order valence-electron chi connectivity index (χ3n) is 3.52. The van der Waals surface area contributed by atoms with Crippen molar-refractivity contribution in [3.05, 3.63) is 21.9 Å². The first-order valence-electron chi connectivity index (χ1n) is 6.76. The molecule has 100 valence electrons. The number of rotatable bonds is 5. The smallest absolute Gasteiger partial charge is 0.220 e. The van der Waals surface area contributed by atoms with Crippen LogP contribution in [0, 0.1) is 12.8 Å². The third kappa shape index (κ3) is 4.10. The monoisotopic (exact) mass is 266 g/mol. The number of hydrogen-bond acceptors (Lipinski definition) is 3. The average Bonchev–Trinajstić information content (AvgIpc) is 2.76. The van der Waals surface area contributed by atoms with Crippen molar-refractivity contribution in [3.63, 3.8) is 0 Å². The van der Waals surface area contributed by atoms with Gasteiger partial charge in [0.25, 0.3) is 0 Å². The van der Waals surface area contributed by atoms with Gasteiger partial charge in [0.2, 0.25) is 5.91 Å². The lowest BCUT2D eigenvalue weighted by molar-refractivity contribution is -0.122. The highest BCUT2D eigenvalue weighted by atomic mass is 32.1. The van der Waals surface area contributed by atoms with E-state index in [1.165, 1.54) is 23.3 Å². The Balaban J connectivity index is 1.64. The van der Waals surface area contributed by atoms with Crippen LogP contribution >= 0.6 is 11.3 Å². The molecule has 1 atom stereocenters. The van der Waals surface area contributed by atoms with E-state index in [1.54, 1.807) is 11.3 Å². The number of amides is 1. The van der Waals surface area contributed by atoms with E-state index in [9.17, 15) is 4.79 Å². The zero-order valence-electron chi connectivity index (χ0n) is 11.0. The zero-order valence-corrected chi connectivity index (χ0v) is 11.8. The number of thiophene rings is 1. The Kier molecular flexibility index (Phi) is 5.20. The number of piperidine rings is 1. The molecule has 0 bridgehead atoms. The maximum Gasteiger partial charge on any atom is 0.220 e. The van der Waals surface area contributed by atoms with Crippen LogP contribution in [0.15, 0.2) is 11.4 Å². The molecule has 1 aromatic rings. The van der Waals surface area contributed by atoms with E-state index in [2.05, 4.69) is 29.0 Å². The lowest BCUT2D eigenvalue weighted by atomic mass is 9.96. The van der Waals surface area contributed by atoms with Gasteiger partial charge in [-0.15, -0.1) is 11.3 Å². The first-order valence-corrected chi connectivity index (χ1v) is 7.64. The van der Waals surface area contributed by atoms with Crippen LogP contribution in [0.3, 0.4) is 0 Å². The van der Waals surface area contributed by atoms with Crippen molar-refractivity contribution in [1.82, 2.24) is 10.6 Å². The minimum Gasteiger partial charge on any atom is -0.356 e. The van der Waals surface area contributed by atoms with E-state index in [0.717, 1.165) is 26.1 Å². The van der Waals surface area contributed by atoms with Gasteiger partial charge in [-0.25, -0.2) is 0 Å². The fraction of sp³-hybridized carbons (Fsp3) is 0.643. The van der Waals surface area contributed by atoms with E-state index >= 15 is 0 Å². The maximum absolute atomic E-state index is 11.8. The van der Waals surface area contributed by atoms with E-state index < -0.39 is 0 Å². The Labute approximate surface area is 113 Å². The predicted molar refractivity (Wildman–Crippen MR) is 76.0 cm³/mol. The average molecular weight is 266 g/mol. The van der Waals surface area contributed by atoms with E-state index in [1.807, 2.05) is 0 Å². The summed E-state index contributed by atoms with van der Waals surface area (Å²) >= 11 is 1.78. The number of carbonyl (C=O) groups is 1. The molecule has 1 unspecified atom stereocenters. The van der Waals surface area contributed by atoms with Gasteiger partial charge in [-0.1, -0.05) is 0 Å². The highest BCUT2D eigenvalue weighted by molar-refractivity contribution is 7.10. The molecular formula is C14H22N2OS. The quantitative estimate of drug-likeness (QED) is 0.857. The first-order chi connectivity index (χ1) is 8.75. The summed E-state index contributed by atoms with van der Waals surface area (Å²) < 4.78 is 0. The second-order valence-corrected chi connectivity index (χ2v) is 6.04. The molecular weight excluding hydrogens is 244 g/mol. The van der Waals surface area contributed by atoms with Crippen LogP contribution in [0.5, 0.6) is 0 Å². The summed E-state index contributed by atoms with van der Waals surface area (Å²) in [5.74, 6) is 0.736. The fourth-order valence-corrected chi connectivity index (χ4v) is 3.32. The van der Waals surface area contributed by atoms with Crippen molar-refractivity contribution in [2.45, 2.75) is 32.6 Å². The molecule has 2 N–H and O–H groups in total. The van der Waals surface area contributed by atoms with Crippen LogP contribution in [0.1, 0.15) is 29.7 Å². The highest BCUT2D eigenvalue weighted by Gasteiger charge is 2.16. The molecule has 1 fully saturated rings. The van der Waals surface area contributed by atoms with E-state index in [-0.39, 0.29) is 5.91 Å². The fourth-order valence-electron chi connectivity index (χ4n) is 2.41. The van der Waals surface area contributed by atoms with Gasteiger partial charge in [0.15, 0.2) is 0 Å². The van der Waals surface area contributed by atoms with Crippen molar-refractivity contribution < 1.29 is 4.79 Å². The standard InChI is InChI=1S/C14H22N2OS/c1-11-5-8-18-13(11)4-7-16-14(17)9-12-3-2-6-15-10-12/h5,8,12,15H,2-4,6-7,9-10H2,1H3,(H,16,17). The molecule has 1 aliphatic heterocycles. The van der Waals surface area contributed by atoms with Crippen LogP contribution < -0.4 is 10.6 Å². The topological polar surface area (TPSA) is 41.1 Å². The molecule has 0 spiro atoms. The molecule has 1 amide bonds. The molecule has 0 saturated carbocycles. The summed E-state index contributed by atoms with van der Waals surface area (Å²) in [6, 6.07) is 2.13. The predicted octanol–water partition coefficient (Wildman–Crippen LogP) is 2.10. The number of nitrogens with one attached hydrogen (secondary N) is 2. The Morgan fingerprint density at radius 3 is 3.17 bits per heavy atom. The molecule has 2 rings (SSSR count). The van der Waals surface area contributed by atoms with Gasteiger partial charge in [0.05, 0.1) is 0 Å². The largest absolute Gasteiger partial charge is 0.356 e. The lowest BCUT2D eigenvalue weighted by Gasteiger charge is -2.22. The van der Waals surface area contributed by atoms with Gasteiger partial charge in [-0.05, 0) is 62.2 Å². The van der Waals surface area contributed by atoms with Gasteiger partial charge < -0.3 is 10.6 Å². The van der Waals surface area contributed by atoms with Crippen molar-refractivity contribution in [1.29, 1.82) is 0 Å². The van der Waals surface area contributed by atoms with Crippen LogP contribution in [0.2, 0.25) is 0 Å². The number of aryl methyl sites for hydroxylation is 1. The number of carbonyl (C=O) groups excluding carboxylic acids is 1. The maximum atomic E-state index is 11.8. The third-order valence-corrected chi connectivity index (χ3v) is 4.60. The van der Waals surface area contributed by atoms with Crippen LogP contribution in [-0.4, -0.2) is 25.5 Å². The Morgan fingerprint density at radius 2 is 2.50 bits per heavy atom. The van der Waals surface area contributed by atoms with E-state index in [0.29, 0.717) is 12.3 Å². The molecule has 18 heavy (non-hydrogen) atoms. The summed E-state index contributed by atoms with van der Waals surface area (Å²) in [5.41, 5.74) is 1.34. The zero-order chi connectivity index (χ0) is 12.8. The Morgan fingerprint density at radius 1 is 1.61 bits per heavy atom.